The summed E-state index contributed by atoms with van der Waals surface area (Å²) < 4.78 is 11.1. The van der Waals surface area contributed by atoms with Gasteiger partial charge in [0, 0.05) is 16.9 Å². The number of benzene rings is 3. The van der Waals surface area contributed by atoms with Crippen LogP contribution in [-0.2, 0) is 4.79 Å². The van der Waals surface area contributed by atoms with Crippen molar-refractivity contribution in [3.05, 3.63) is 83.9 Å². The number of amides is 2. The zero-order valence-corrected chi connectivity index (χ0v) is 17.8. The van der Waals surface area contributed by atoms with Gasteiger partial charge in [0.25, 0.3) is 11.8 Å². The minimum absolute atomic E-state index is 0.206. The Labute approximate surface area is 182 Å². The molecule has 0 aromatic heterocycles. The summed E-state index contributed by atoms with van der Waals surface area (Å²) in [6, 6.07) is 21.4. The second-order valence-corrected chi connectivity index (χ2v) is 7.00. The first-order valence-corrected chi connectivity index (χ1v) is 10.1. The van der Waals surface area contributed by atoms with Gasteiger partial charge in [-0.15, -0.1) is 0 Å². The molecular formula is C25H26N2O4. The highest BCUT2D eigenvalue weighted by Crippen LogP contribution is 2.19. The van der Waals surface area contributed by atoms with E-state index in [1.54, 1.807) is 55.5 Å². The number of para-hydroxylation sites is 1. The Kier molecular flexibility index (Phi) is 7.27. The summed E-state index contributed by atoms with van der Waals surface area (Å²) >= 11 is 0. The lowest BCUT2D eigenvalue weighted by Gasteiger charge is -2.15. The second-order valence-electron chi connectivity index (χ2n) is 7.00. The molecule has 6 nitrogen and oxygen atoms in total. The molecule has 160 valence electrons. The first-order chi connectivity index (χ1) is 15.0. The third-order valence-corrected chi connectivity index (χ3v) is 4.62. The van der Waals surface area contributed by atoms with Gasteiger partial charge in [0.1, 0.15) is 11.5 Å². The Bertz CT molecular complexity index is 1030. The smallest absolute Gasteiger partial charge is 0.265 e. The van der Waals surface area contributed by atoms with Crippen LogP contribution in [-0.4, -0.2) is 24.5 Å². The first kappa shape index (κ1) is 21.9. The maximum Gasteiger partial charge on any atom is 0.265 e. The standard InChI is InChI=1S/C25H26N2O4/c1-4-30-21-15-11-20(12-16-21)26-24(28)18(3)31-22-13-9-19(10-14-22)25(29)27-23-8-6-5-7-17(23)2/h5-16,18H,4H2,1-3H3,(H,26,28)(H,27,29). The molecule has 0 aliphatic rings. The Hall–Kier alpha value is -3.80. The zero-order chi connectivity index (χ0) is 22.2. The van der Waals surface area contributed by atoms with E-state index in [1.165, 1.54) is 0 Å². The molecule has 0 bridgehead atoms. The number of hydrogen-bond donors (Lipinski definition) is 2. The van der Waals surface area contributed by atoms with Crippen LogP contribution in [0, 0.1) is 6.92 Å². The molecule has 1 unspecified atom stereocenters. The molecule has 0 aliphatic carbocycles. The van der Waals surface area contributed by atoms with Gasteiger partial charge in [0.15, 0.2) is 6.10 Å². The summed E-state index contributed by atoms with van der Waals surface area (Å²) in [6.45, 7) is 6.11. The Morgan fingerprint density at radius 3 is 2.16 bits per heavy atom. The van der Waals surface area contributed by atoms with E-state index < -0.39 is 6.10 Å². The molecule has 0 spiro atoms. The van der Waals surface area contributed by atoms with E-state index in [2.05, 4.69) is 10.6 Å². The van der Waals surface area contributed by atoms with Crippen LogP contribution in [0.25, 0.3) is 0 Å². The van der Waals surface area contributed by atoms with Crippen molar-refractivity contribution in [2.75, 3.05) is 17.2 Å². The average Bonchev–Trinajstić information content (AvgIpc) is 2.77. The number of hydrogen-bond acceptors (Lipinski definition) is 4. The highest BCUT2D eigenvalue weighted by molar-refractivity contribution is 6.04. The predicted molar refractivity (Wildman–Crippen MR) is 122 cm³/mol. The molecule has 3 aromatic carbocycles. The van der Waals surface area contributed by atoms with E-state index in [-0.39, 0.29) is 11.8 Å². The largest absolute Gasteiger partial charge is 0.494 e. The summed E-state index contributed by atoms with van der Waals surface area (Å²) in [4.78, 5) is 24.9. The molecule has 2 amide bonds. The van der Waals surface area contributed by atoms with Crippen molar-refractivity contribution in [1.29, 1.82) is 0 Å². The predicted octanol–water partition coefficient (Wildman–Crippen LogP) is 5.05. The molecule has 0 saturated heterocycles. The second kappa shape index (κ2) is 10.3. The van der Waals surface area contributed by atoms with Crippen LogP contribution >= 0.6 is 0 Å². The molecule has 31 heavy (non-hydrogen) atoms. The maximum absolute atomic E-state index is 12.5. The molecule has 6 heteroatoms. The Morgan fingerprint density at radius 2 is 1.52 bits per heavy atom. The van der Waals surface area contributed by atoms with Crippen molar-refractivity contribution < 1.29 is 19.1 Å². The number of nitrogens with one attached hydrogen (secondary N) is 2. The van der Waals surface area contributed by atoms with E-state index in [4.69, 9.17) is 9.47 Å². The van der Waals surface area contributed by atoms with Gasteiger partial charge < -0.3 is 20.1 Å². The summed E-state index contributed by atoms with van der Waals surface area (Å²) in [5, 5.41) is 5.70. The quantitative estimate of drug-likeness (QED) is 0.537. The minimum Gasteiger partial charge on any atom is -0.494 e. The van der Waals surface area contributed by atoms with Crippen LogP contribution in [0.15, 0.2) is 72.8 Å². The summed E-state index contributed by atoms with van der Waals surface area (Å²) in [6.07, 6.45) is -0.710. The van der Waals surface area contributed by atoms with Crippen LogP contribution in [0.4, 0.5) is 11.4 Å². The molecule has 0 radical (unpaired) electrons. The first-order valence-electron chi connectivity index (χ1n) is 10.1. The molecule has 3 aromatic rings. The van der Waals surface area contributed by atoms with Crippen molar-refractivity contribution in [2.24, 2.45) is 0 Å². The summed E-state index contributed by atoms with van der Waals surface area (Å²) in [5.74, 6) is 0.769. The molecule has 0 saturated carbocycles. The topological polar surface area (TPSA) is 76.7 Å². The van der Waals surface area contributed by atoms with Crippen molar-refractivity contribution in [3.63, 3.8) is 0 Å². The van der Waals surface area contributed by atoms with E-state index in [1.807, 2.05) is 38.1 Å². The van der Waals surface area contributed by atoms with Gasteiger partial charge >= 0.3 is 0 Å². The molecule has 0 heterocycles. The fourth-order valence-corrected chi connectivity index (χ4v) is 2.90. The van der Waals surface area contributed by atoms with Crippen LogP contribution in [0.5, 0.6) is 11.5 Å². The monoisotopic (exact) mass is 418 g/mol. The molecule has 0 fully saturated rings. The average molecular weight is 418 g/mol. The Balaban J connectivity index is 1.55. The third kappa shape index (κ3) is 6.09. The highest BCUT2D eigenvalue weighted by atomic mass is 16.5. The van der Waals surface area contributed by atoms with Gasteiger partial charge in [-0.25, -0.2) is 0 Å². The lowest BCUT2D eigenvalue weighted by atomic mass is 10.1. The minimum atomic E-state index is -0.710. The van der Waals surface area contributed by atoms with Crippen LogP contribution < -0.4 is 20.1 Å². The van der Waals surface area contributed by atoms with E-state index >= 15 is 0 Å². The zero-order valence-electron chi connectivity index (χ0n) is 17.8. The number of carbonyl (C=O) groups excluding carboxylic acids is 2. The maximum atomic E-state index is 12.5. The number of aryl methyl sites for hydroxylation is 1. The normalized spacial score (nSPS) is 11.3. The van der Waals surface area contributed by atoms with Crippen LogP contribution in [0.2, 0.25) is 0 Å². The third-order valence-electron chi connectivity index (χ3n) is 4.62. The SMILES string of the molecule is CCOc1ccc(NC(=O)C(C)Oc2ccc(C(=O)Nc3ccccc3C)cc2)cc1. The van der Waals surface area contributed by atoms with Gasteiger partial charge in [-0.3, -0.25) is 9.59 Å². The van der Waals surface area contributed by atoms with Gasteiger partial charge in [0.05, 0.1) is 6.61 Å². The molecular weight excluding hydrogens is 392 g/mol. The molecule has 1 atom stereocenters. The molecule has 3 rings (SSSR count). The number of ether oxygens (including phenoxy) is 2. The molecule has 0 aliphatic heterocycles. The Morgan fingerprint density at radius 1 is 0.871 bits per heavy atom. The number of carbonyl (C=O) groups is 2. The van der Waals surface area contributed by atoms with Crippen LogP contribution in [0.3, 0.4) is 0 Å². The fraction of sp³-hybridized carbons (Fsp3) is 0.200. The lowest BCUT2D eigenvalue weighted by Crippen LogP contribution is -2.30. The van der Waals surface area contributed by atoms with Crippen molar-refractivity contribution in [2.45, 2.75) is 26.9 Å². The summed E-state index contributed by atoms with van der Waals surface area (Å²) in [7, 11) is 0. The van der Waals surface area contributed by atoms with Crippen molar-refractivity contribution in [1.82, 2.24) is 0 Å². The van der Waals surface area contributed by atoms with Crippen LogP contribution in [0.1, 0.15) is 29.8 Å². The number of rotatable bonds is 8. The van der Waals surface area contributed by atoms with Crippen molar-refractivity contribution in [3.8, 4) is 11.5 Å². The van der Waals surface area contributed by atoms with E-state index in [0.717, 1.165) is 17.0 Å². The molecule has 2 N–H and O–H groups in total. The van der Waals surface area contributed by atoms with Gasteiger partial charge in [-0.05, 0) is 80.9 Å². The fourth-order valence-electron chi connectivity index (χ4n) is 2.90. The number of anilines is 2. The van der Waals surface area contributed by atoms with Gasteiger partial charge in [-0.2, -0.15) is 0 Å². The van der Waals surface area contributed by atoms with Gasteiger partial charge in [-0.1, -0.05) is 18.2 Å². The van der Waals surface area contributed by atoms with E-state index in [9.17, 15) is 9.59 Å². The van der Waals surface area contributed by atoms with Gasteiger partial charge in [0.2, 0.25) is 0 Å². The van der Waals surface area contributed by atoms with E-state index in [0.29, 0.717) is 23.6 Å². The highest BCUT2D eigenvalue weighted by Gasteiger charge is 2.15. The summed E-state index contributed by atoms with van der Waals surface area (Å²) in [5.41, 5.74) is 2.92. The lowest BCUT2D eigenvalue weighted by molar-refractivity contribution is -0.122. The van der Waals surface area contributed by atoms with Crippen molar-refractivity contribution >= 4 is 23.2 Å².